The highest BCUT2D eigenvalue weighted by atomic mass is 32.2. The second-order valence-corrected chi connectivity index (χ2v) is 13.0. The molecule has 1 amide bonds. The van der Waals surface area contributed by atoms with Crippen molar-refractivity contribution in [1.29, 1.82) is 0 Å². The predicted molar refractivity (Wildman–Crippen MR) is 145 cm³/mol. The normalized spacial score (nSPS) is 22.6. The zero-order chi connectivity index (χ0) is 26.1. The van der Waals surface area contributed by atoms with Crippen LogP contribution < -0.4 is 14.3 Å². The largest absolute Gasteiger partial charge is 0.330 e. The zero-order valence-corrected chi connectivity index (χ0v) is 22.9. The van der Waals surface area contributed by atoms with Gasteiger partial charge in [-0.05, 0) is 88.4 Å². The van der Waals surface area contributed by atoms with Gasteiger partial charge in [-0.3, -0.25) is 4.79 Å². The molecule has 2 aromatic carbocycles. The lowest BCUT2D eigenvalue weighted by Gasteiger charge is -2.37. The van der Waals surface area contributed by atoms with Crippen molar-refractivity contribution in [3.05, 3.63) is 53.6 Å². The molecule has 1 aliphatic heterocycles. The van der Waals surface area contributed by atoms with Crippen molar-refractivity contribution < 1.29 is 17.8 Å². The molecule has 1 fully saturated rings. The molecule has 0 bridgehead atoms. The smallest absolute Gasteiger partial charge is 0.258 e. The number of amides is 1. The molecular weight excluding hydrogens is 500 g/mol. The second-order valence-electron chi connectivity index (χ2n) is 10.8. The third kappa shape index (κ3) is 5.78. The Balaban J connectivity index is 1.65. The summed E-state index contributed by atoms with van der Waals surface area (Å²) in [6.45, 7) is 8.34. The second kappa shape index (κ2) is 10.8. The number of carbonyl (C=O) groups is 1. The number of nitrogens with one attached hydrogen (secondary N) is 2. The van der Waals surface area contributed by atoms with Crippen molar-refractivity contribution in [1.82, 2.24) is 4.72 Å². The summed E-state index contributed by atoms with van der Waals surface area (Å²) in [4.78, 5) is 16.1. The molecule has 2 N–H and O–H groups in total. The Morgan fingerprint density at radius 3 is 2.56 bits per heavy atom. The highest BCUT2D eigenvalue weighted by Gasteiger charge is 2.47. The van der Waals surface area contributed by atoms with Crippen molar-refractivity contribution >= 4 is 40.2 Å². The van der Waals surface area contributed by atoms with Crippen LogP contribution in [0.25, 0.3) is 0 Å². The molecule has 9 heteroatoms. The molecule has 1 spiro atoms. The van der Waals surface area contributed by atoms with Crippen molar-refractivity contribution in [2.24, 2.45) is 5.92 Å². The van der Waals surface area contributed by atoms with Gasteiger partial charge in [0.15, 0.2) is 0 Å². The van der Waals surface area contributed by atoms with Crippen molar-refractivity contribution in [3.8, 4) is 0 Å². The van der Waals surface area contributed by atoms with E-state index < -0.39 is 23.3 Å². The van der Waals surface area contributed by atoms with Crippen LogP contribution in [0.4, 0.5) is 20.2 Å². The van der Waals surface area contributed by atoms with E-state index in [0.29, 0.717) is 42.7 Å². The summed E-state index contributed by atoms with van der Waals surface area (Å²) in [6, 6.07) is 12.9. The summed E-state index contributed by atoms with van der Waals surface area (Å²) in [5.41, 5.74) is 2.63. The van der Waals surface area contributed by atoms with Crippen molar-refractivity contribution in [2.75, 3.05) is 21.9 Å². The minimum absolute atomic E-state index is 0.164. The molecule has 1 unspecified atom stereocenters. The quantitative estimate of drug-likeness (QED) is 0.396. The summed E-state index contributed by atoms with van der Waals surface area (Å²) in [5.74, 6) is 0.162. The molecule has 1 aliphatic carbocycles. The Bertz CT molecular complexity index is 1130. The average Bonchev–Trinajstić information content (AvgIpc) is 3.14. The Morgan fingerprint density at radius 1 is 1.19 bits per heavy atom. The van der Waals surface area contributed by atoms with Gasteiger partial charge in [-0.1, -0.05) is 24.9 Å². The van der Waals surface area contributed by atoms with Gasteiger partial charge in [-0.2, -0.15) is 0 Å². The molecular formula is C27H35F2N3O2S2. The fourth-order valence-corrected chi connectivity index (χ4v) is 6.73. The molecule has 2 aromatic rings. The molecule has 1 heterocycles. The van der Waals surface area contributed by atoms with E-state index in [-0.39, 0.29) is 16.9 Å². The first kappa shape index (κ1) is 27.1. The maximum atomic E-state index is 13.8. The fraction of sp³-hybridized carbons (Fsp3) is 0.519. The van der Waals surface area contributed by atoms with Crippen LogP contribution in [0.1, 0.15) is 69.3 Å². The Kier molecular flexibility index (Phi) is 8.12. The monoisotopic (exact) mass is 535 g/mol. The number of nitrogens with zero attached hydrogens (tertiary/aromatic N) is 1. The highest BCUT2D eigenvalue weighted by molar-refractivity contribution is 8.00. The molecule has 2 aliphatic rings. The molecule has 0 aromatic heterocycles. The van der Waals surface area contributed by atoms with Crippen LogP contribution >= 0.6 is 11.9 Å². The van der Waals surface area contributed by atoms with Crippen LogP contribution in [-0.2, 0) is 16.4 Å². The molecule has 0 radical (unpaired) electrons. The number of benzene rings is 2. The van der Waals surface area contributed by atoms with Crippen molar-refractivity contribution in [3.63, 3.8) is 0 Å². The molecule has 196 valence electrons. The van der Waals surface area contributed by atoms with Crippen LogP contribution in [-0.4, -0.2) is 34.4 Å². The number of anilines is 2. The molecule has 1 atom stereocenters. The van der Waals surface area contributed by atoms with Crippen LogP contribution in [0.15, 0.2) is 47.4 Å². The number of carbonyl (C=O) groups excluding carboxylic acids is 1. The first-order chi connectivity index (χ1) is 17.0. The minimum Gasteiger partial charge on any atom is -0.330 e. The highest BCUT2D eigenvalue weighted by Crippen LogP contribution is 2.52. The van der Waals surface area contributed by atoms with E-state index in [9.17, 15) is 17.8 Å². The number of fused-ring (bicyclic) bond motifs is 2. The van der Waals surface area contributed by atoms with Gasteiger partial charge in [0.1, 0.15) is 11.0 Å². The lowest BCUT2D eigenvalue weighted by molar-refractivity contribution is 0.0424. The molecule has 0 saturated heterocycles. The SMILES string of the molecule is CCSNc1ccc2c(c1)C1(CCC(C(F)F)CC1)CN2C(=O)c1cccc(S(=O)NC(C)(C)C)c1. The lowest BCUT2D eigenvalue weighted by atomic mass is 9.67. The number of halogens is 2. The summed E-state index contributed by atoms with van der Waals surface area (Å²) in [7, 11) is -1.45. The minimum atomic E-state index is -2.31. The Labute approximate surface area is 219 Å². The average molecular weight is 536 g/mol. The molecule has 1 saturated carbocycles. The first-order valence-corrected chi connectivity index (χ1v) is 14.6. The standard InChI is InChI=1S/C27H35F2N3O2S2/c1-5-35-30-20-9-10-23-22(16-20)27(13-11-18(12-14-27)24(28)29)17-32(23)25(33)19-7-6-8-21(15-19)36(34)31-26(2,3)4/h6-10,15-16,18,24,30-31H,5,11-14,17H2,1-4H3. The van der Waals surface area contributed by atoms with E-state index in [1.54, 1.807) is 41.1 Å². The molecule has 4 rings (SSSR count). The van der Waals surface area contributed by atoms with Crippen LogP contribution in [0.2, 0.25) is 0 Å². The summed E-state index contributed by atoms with van der Waals surface area (Å²) in [5, 5.41) is 0. The number of rotatable bonds is 7. The number of hydrogen-bond donors (Lipinski definition) is 2. The van der Waals surface area contributed by atoms with Gasteiger partial charge in [0.2, 0.25) is 6.43 Å². The molecule has 5 nitrogen and oxygen atoms in total. The van der Waals surface area contributed by atoms with Gasteiger partial charge in [-0.15, -0.1) is 0 Å². The van der Waals surface area contributed by atoms with Crippen LogP contribution in [0, 0.1) is 5.92 Å². The van der Waals surface area contributed by atoms with Gasteiger partial charge in [0.25, 0.3) is 5.91 Å². The third-order valence-corrected chi connectivity index (χ3v) is 9.09. The van der Waals surface area contributed by atoms with Crippen molar-refractivity contribution in [2.45, 2.75) is 75.7 Å². The van der Waals surface area contributed by atoms with E-state index in [4.69, 9.17) is 0 Å². The number of alkyl halides is 2. The van der Waals surface area contributed by atoms with Gasteiger partial charge in [0, 0.05) is 46.1 Å². The van der Waals surface area contributed by atoms with Gasteiger partial charge < -0.3 is 9.62 Å². The Morgan fingerprint density at radius 2 is 1.92 bits per heavy atom. The third-order valence-electron chi connectivity index (χ3n) is 6.94. The Hall–Kier alpha value is -1.97. The zero-order valence-electron chi connectivity index (χ0n) is 21.3. The van der Waals surface area contributed by atoms with E-state index in [0.717, 1.165) is 22.7 Å². The lowest BCUT2D eigenvalue weighted by Crippen LogP contribution is -2.40. The first-order valence-electron chi connectivity index (χ1n) is 12.4. The van der Waals surface area contributed by atoms with Gasteiger partial charge in [0.05, 0.1) is 4.90 Å². The maximum absolute atomic E-state index is 13.8. The van der Waals surface area contributed by atoms with Gasteiger partial charge in [-0.25, -0.2) is 17.7 Å². The van der Waals surface area contributed by atoms with E-state index >= 15 is 0 Å². The summed E-state index contributed by atoms with van der Waals surface area (Å²) in [6.07, 6.45) is -0.146. The van der Waals surface area contributed by atoms with E-state index in [1.165, 1.54) is 0 Å². The van der Waals surface area contributed by atoms with Crippen LogP contribution in [0.3, 0.4) is 0 Å². The summed E-state index contributed by atoms with van der Waals surface area (Å²) < 4.78 is 46.0. The number of hydrogen-bond acceptors (Lipinski definition) is 4. The van der Waals surface area contributed by atoms with E-state index in [2.05, 4.69) is 22.4 Å². The maximum Gasteiger partial charge on any atom is 0.258 e. The summed E-state index contributed by atoms with van der Waals surface area (Å²) >= 11 is 1.59. The van der Waals surface area contributed by atoms with E-state index in [1.807, 2.05) is 32.9 Å². The fourth-order valence-electron chi connectivity index (χ4n) is 5.18. The topological polar surface area (TPSA) is 61.4 Å². The molecule has 36 heavy (non-hydrogen) atoms. The van der Waals surface area contributed by atoms with Crippen LogP contribution in [0.5, 0.6) is 0 Å². The van der Waals surface area contributed by atoms with Gasteiger partial charge >= 0.3 is 0 Å². The predicted octanol–water partition coefficient (Wildman–Crippen LogP) is 6.53.